The van der Waals surface area contributed by atoms with Gasteiger partial charge in [-0.2, -0.15) is 0 Å². The summed E-state index contributed by atoms with van der Waals surface area (Å²) in [6.07, 6.45) is 1.93. The average molecular weight is 264 g/mol. The van der Waals surface area contributed by atoms with Gasteiger partial charge in [0.2, 0.25) is 0 Å². The summed E-state index contributed by atoms with van der Waals surface area (Å²) in [5, 5.41) is 9.93. The number of methoxy groups -OCH3 is 1. The van der Waals surface area contributed by atoms with Crippen LogP contribution in [0.5, 0.6) is 0 Å². The molecule has 19 heavy (non-hydrogen) atoms. The van der Waals surface area contributed by atoms with E-state index < -0.39 is 0 Å². The molecule has 1 atom stereocenters. The predicted octanol–water partition coefficient (Wildman–Crippen LogP) is 1.38. The molecule has 0 aliphatic heterocycles. The number of hydrogen-bond donors (Lipinski definition) is 1. The van der Waals surface area contributed by atoms with Crippen LogP contribution in [0.3, 0.4) is 0 Å². The van der Waals surface area contributed by atoms with Crippen LogP contribution in [0.25, 0.3) is 0 Å². The Bertz CT molecular complexity index is 472. The average Bonchev–Trinajstić information content (AvgIpc) is 3.21. The Balaban J connectivity index is 2.07. The largest absolute Gasteiger partial charge is 0.465 e. The lowest BCUT2D eigenvalue weighted by Gasteiger charge is -2.22. The van der Waals surface area contributed by atoms with Crippen LogP contribution in [0.2, 0.25) is 0 Å². The van der Waals surface area contributed by atoms with Gasteiger partial charge >= 0.3 is 5.97 Å². The molecule has 5 nitrogen and oxygen atoms in total. The fraction of sp³-hybridized carbons (Fsp3) is 0.571. The number of rotatable bonds is 5. The Labute approximate surface area is 113 Å². The lowest BCUT2D eigenvalue weighted by Crippen LogP contribution is -2.31. The van der Waals surface area contributed by atoms with Crippen LogP contribution in [0.15, 0.2) is 12.1 Å². The van der Waals surface area contributed by atoms with Gasteiger partial charge in [0.15, 0.2) is 0 Å². The van der Waals surface area contributed by atoms with Gasteiger partial charge in [0.25, 0.3) is 0 Å². The van der Waals surface area contributed by atoms with Gasteiger partial charge in [-0.15, -0.1) is 0 Å². The van der Waals surface area contributed by atoms with E-state index in [2.05, 4.69) is 9.72 Å². The minimum Gasteiger partial charge on any atom is -0.465 e. The fourth-order valence-electron chi connectivity index (χ4n) is 2.09. The lowest BCUT2D eigenvalue weighted by molar-refractivity contribution is 0.0599. The van der Waals surface area contributed by atoms with Crippen molar-refractivity contribution in [2.45, 2.75) is 25.9 Å². The van der Waals surface area contributed by atoms with Crippen molar-refractivity contribution in [2.24, 2.45) is 5.92 Å². The van der Waals surface area contributed by atoms with Crippen molar-refractivity contribution in [3.63, 3.8) is 0 Å². The van der Waals surface area contributed by atoms with Crippen LogP contribution in [0.1, 0.15) is 28.9 Å². The first kappa shape index (κ1) is 13.8. The Morgan fingerprint density at radius 3 is 2.79 bits per heavy atom. The lowest BCUT2D eigenvalue weighted by atomic mass is 10.2. The number of anilines is 1. The second kappa shape index (κ2) is 5.57. The van der Waals surface area contributed by atoms with Gasteiger partial charge in [0.1, 0.15) is 5.82 Å². The predicted molar refractivity (Wildman–Crippen MR) is 72.3 cm³/mol. The quantitative estimate of drug-likeness (QED) is 0.814. The van der Waals surface area contributed by atoms with Gasteiger partial charge in [0, 0.05) is 13.6 Å². The summed E-state index contributed by atoms with van der Waals surface area (Å²) in [5.41, 5.74) is 1.11. The number of carbonyl (C=O) groups excluding carboxylic acids is 1. The van der Waals surface area contributed by atoms with Crippen LogP contribution < -0.4 is 4.90 Å². The molecule has 2 rings (SSSR count). The van der Waals surface area contributed by atoms with Crippen LogP contribution in [-0.4, -0.2) is 42.9 Å². The molecular weight excluding hydrogens is 244 g/mol. The molecule has 0 saturated heterocycles. The highest BCUT2D eigenvalue weighted by Gasteiger charge is 2.30. The third-order valence-corrected chi connectivity index (χ3v) is 3.49. The molecule has 0 spiro atoms. The van der Waals surface area contributed by atoms with E-state index in [1.54, 1.807) is 19.1 Å². The topological polar surface area (TPSA) is 62.7 Å². The standard InChI is InChI=1S/C14H20N2O3/c1-9-11(14(18)19-3)6-7-13(15-9)16(2)8-12(17)10-4-5-10/h6-7,10,12,17H,4-5,8H2,1-3H3. The smallest absolute Gasteiger partial charge is 0.339 e. The highest BCUT2D eigenvalue weighted by Crippen LogP contribution is 2.33. The van der Waals surface area contributed by atoms with Gasteiger partial charge in [-0.3, -0.25) is 0 Å². The van der Waals surface area contributed by atoms with Crippen molar-refractivity contribution >= 4 is 11.8 Å². The van der Waals surface area contributed by atoms with Gasteiger partial charge < -0.3 is 14.7 Å². The van der Waals surface area contributed by atoms with Gasteiger partial charge in [0.05, 0.1) is 24.5 Å². The normalized spacial score (nSPS) is 16.0. The van der Waals surface area contributed by atoms with Crippen molar-refractivity contribution in [3.8, 4) is 0 Å². The SMILES string of the molecule is COC(=O)c1ccc(N(C)CC(O)C2CC2)nc1C. The summed E-state index contributed by atoms with van der Waals surface area (Å²) in [6.45, 7) is 2.34. The molecule has 1 aromatic rings. The first-order valence-corrected chi connectivity index (χ1v) is 6.48. The van der Waals surface area contributed by atoms with Gasteiger partial charge in [-0.25, -0.2) is 9.78 Å². The fourth-order valence-corrected chi connectivity index (χ4v) is 2.09. The number of aryl methyl sites for hydroxylation is 1. The maximum absolute atomic E-state index is 11.5. The minimum atomic E-state index is -0.378. The number of pyridine rings is 1. The zero-order valence-electron chi connectivity index (χ0n) is 11.6. The number of hydrogen-bond acceptors (Lipinski definition) is 5. The van der Waals surface area contributed by atoms with E-state index in [1.807, 2.05) is 11.9 Å². The van der Waals surface area contributed by atoms with E-state index in [1.165, 1.54) is 7.11 Å². The first-order chi connectivity index (χ1) is 9.02. The van der Waals surface area contributed by atoms with Crippen molar-refractivity contribution < 1.29 is 14.6 Å². The number of nitrogens with zero attached hydrogens (tertiary/aromatic N) is 2. The third kappa shape index (κ3) is 3.23. The number of esters is 1. The summed E-state index contributed by atoms with van der Waals surface area (Å²) < 4.78 is 4.69. The molecular formula is C14H20N2O3. The van der Waals surface area contributed by atoms with E-state index in [-0.39, 0.29) is 12.1 Å². The van der Waals surface area contributed by atoms with Crippen molar-refractivity contribution in [1.82, 2.24) is 4.98 Å². The molecule has 1 aliphatic carbocycles. The summed E-state index contributed by atoms with van der Waals surface area (Å²) in [5.74, 6) is 0.819. The second-order valence-corrected chi connectivity index (χ2v) is 5.08. The van der Waals surface area contributed by atoms with Crippen molar-refractivity contribution in [1.29, 1.82) is 0 Å². The molecule has 1 aromatic heterocycles. The van der Waals surface area contributed by atoms with E-state index in [9.17, 15) is 9.90 Å². The molecule has 1 aliphatic rings. The molecule has 1 unspecified atom stereocenters. The number of carbonyl (C=O) groups is 1. The number of aliphatic hydroxyl groups is 1. The highest BCUT2D eigenvalue weighted by atomic mass is 16.5. The second-order valence-electron chi connectivity index (χ2n) is 5.08. The van der Waals surface area contributed by atoms with Crippen LogP contribution in [0.4, 0.5) is 5.82 Å². The zero-order valence-corrected chi connectivity index (χ0v) is 11.6. The Kier molecular flexibility index (Phi) is 4.04. The highest BCUT2D eigenvalue weighted by molar-refractivity contribution is 5.90. The Morgan fingerprint density at radius 1 is 1.58 bits per heavy atom. The molecule has 0 bridgehead atoms. The molecule has 5 heteroatoms. The molecule has 1 heterocycles. The van der Waals surface area contributed by atoms with E-state index in [0.717, 1.165) is 18.7 Å². The Morgan fingerprint density at radius 2 is 2.26 bits per heavy atom. The summed E-state index contributed by atoms with van der Waals surface area (Å²) in [6, 6.07) is 3.49. The first-order valence-electron chi connectivity index (χ1n) is 6.48. The molecule has 0 aromatic carbocycles. The van der Waals surface area contributed by atoms with Gasteiger partial charge in [-0.05, 0) is 37.8 Å². The van der Waals surface area contributed by atoms with Gasteiger partial charge in [-0.1, -0.05) is 0 Å². The van der Waals surface area contributed by atoms with E-state index in [4.69, 9.17) is 0 Å². The van der Waals surface area contributed by atoms with Crippen LogP contribution in [0, 0.1) is 12.8 Å². The van der Waals surface area contributed by atoms with E-state index >= 15 is 0 Å². The molecule has 1 fully saturated rings. The zero-order chi connectivity index (χ0) is 14.0. The molecule has 1 N–H and O–H groups in total. The maximum atomic E-state index is 11.5. The van der Waals surface area contributed by atoms with Crippen molar-refractivity contribution in [3.05, 3.63) is 23.4 Å². The summed E-state index contributed by atoms with van der Waals surface area (Å²) >= 11 is 0. The Hall–Kier alpha value is -1.62. The summed E-state index contributed by atoms with van der Waals surface area (Å²) in [4.78, 5) is 17.8. The monoisotopic (exact) mass is 264 g/mol. The van der Waals surface area contributed by atoms with Crippen LogP contribution >= 0.6 is 0 Å². The van der Waals surface area contributed by atoms with Crippen LogP contribution in [-0.2, 0) is 4.74 Å². The number of ether oxygens (including phenoxy) is 1. The maximum Gasteiger partial charge on any atom is 0.339 e. The molecule has 0 amide bonds. The summed E-state index contributed by atoms with van der Waals surface area (Å²) in [7, 11) is 3.25. The van der Waals surface area contributed by atoms with E-state index in [0.29, 0.717) is 23.7 Å². The molecule has 0 radical (unpaired) electrons. The van der Waals surface area contributed by atoms with Crippen molar-refractivity contribution in [2.75, 3.05) is 25.6 Å². The number of aromatic nitrogens is 1. The minimum absolute atomic E-state index is 0.299. The number of likely N-dealkylation sites (N-methyl/N-ethyl adjacent to an activating group) is 1. The molecule has 1 saturated carbocycles. The number of aliphatic hydroxyl groups excluding tert-OH is 1. The molecule has 104 valence electrons. The third-order valence-electron chi connectivity index (χ3n) is 3.49.